The van der Waals surface area contributed by atoms with E-state index in [1.807, 2.05) is 0 Å². The Hall–Kier alpha value is -3.41. The molecular weight excluding hydrogens is 841 g/mol. The van der Waals surface area contributed by atoms with Crippen LogP contribution in [-0.2, 0) is 28.6 Å². The van der Waals surface area contributed by atoms with E-state index in [1.54, 1.807) is 0 Å². The molecule has 0 aromatic carbocycles. The van der Waals surface area contributed by atoms with Gasteiger partial charge in [0, 0.05) is 19.3 Å². The van der Waals surface area contributed by atoms with Crippen LogP contribution in [0.1, 0.15) is 271 Å². The molecule has 0 aliphatic rings. The van der Waals surface area contributed by atoms with E-state index in [0.29, 0.717) is 19.3 Å². The molecule has 6 heteroatoms. The SMILES string of the molecule is CC/C=C\C/C=C\CCCCCCCCCC(=O)OCC(COC(=O)CCCCCCCCCCCC/C=C\C=C/CCCCC)OC(=O)CCC/C=C\C/C=C\C/C=C\CCCCCCCC. The highest BCUT2D eigenvalue weighted by Crippen LogP contribution is 2.15. The Labute approximate surface area is 420 Å². The quantitative estimate of drug-likeness (QED) is 0.0199. The Morgan fingerprint density at radius 1 is 0.324 bits per heavy atom. The molecule has 0 saturated carbocycles. The highest BCUT2D eigenvalue weighted by Gasteiger charge is 2.19. The molecule has 0 bridgehead atoms. The second-order valence-corrected chi connectivity index (χ2v) is 18.8. The van der Waals surface area contributed by atoms with Crippen LogP contribution < -0.4 is 0 Å². The second-order valence-electron chi connectivity index (χ2n) is 18.8. The van der Waals surface area contributed by atoms with Crippen molar-refractivity contribution in [2.45, 2.75) is 277 Å². The molecule has 390 valence electrons. The van der Waals surface area contributed by atoms with Crippen molar-refractivity contribution in [2.24, 2.45) is 0 Å². The molecule has 0 saturated heterocycles. The number of ether oxygens (including phenoxy) is 3. The van der Waals surface area contributed by atoms with Crippen LogP contribution in [0.5, 0.6) is 0 Å². The van der Waals surface area contributed by atoms with Crippen molar-refractivity contribution in [3.63, 3.8) is 0 Å². The first-order valence-electron chi connectivity index (χ1n) is 28.6. The molecule has 0 aromatic heterocycles. The number of hydrogen-bond acceptors (Lipinski definition) is 6. The van der Waals surface area contributed by atoms with Crippen LogP contribution >= 0.6 is 0 Å². The smallest absolute Gasteiger partial charge is 0.306 e. The van der Waals surface area contributed by atoms with Gasteiger partial charge >= 0.3 is 17.9 Å². The van der Waals surface area contributed by atoms with Gasteiger partial charge in [0.25, 0.3) is 0 Å². The summed E-state index contributed by atoms with van der Waals surface area (Å²) < 4.78 is 16.8. The summed E-state index contributed by atoms with van der Waals surface area (Å²) in [7, 11) is 0. The number of carbonyl (C=O) groups is 3. The minimum absolute atomic E-state index is 0.101. The maximum atomic E-state index is 12.8. The lowest BCUT2D eigenvalue weighted by atomic mass is 10.1. The molecule has 68 heavy (non-hydrogen) atoms. The van der Waals surface area contributed by atoms with Crippen molar-refractivity contribution in [3.8, 4) is 0 Å². The van der Waals surface area contributed by atoms with Crippen molar-refractivity contribution in [1.29, 1.82) is 0 Å². The Morgan fingerprint density at radius 3 is 1.06 bits per heavy atom. The van der Waals surface area contributed by atoms with Gasteiger partial charge in [0.05, 0.1) is 0 Å². The maximum Gasteiger partial charge on any atom is 0.306 e. The van der Waals surface area contributed by atoms with E-state index in [9.17, 15) is 14.4 Å². The molecule has 0 aliphatic carbocycles. The Bertz CT molecular complexity index is 1320. The van der Waals surface area contributed by atoms with Crippen LogP contribution in [0.3, 0.4) is 0 Å². The van der Waals surface area contributed by atoms with Gasteiger partial charge in [-0.25, -0.2) is 0 Å². The van der Waals surface area contributed by atoms with Crippen molar-refractivity contribution < 1.29 is 28.6 Å². The van der Waals surface area contributed by atoms with Crippen molar-refractivity contribution in [3.05, 3.63) is 85.1 Å². The monoisotopic (exact) mass is 947 g/mol. The summed E-state index contributed by atoms with van der Waals surface area (Å²) in [6.07, 6.45) is 72.9. The third-order valence-electron chi connectivity index (χ3n) is 12.1. The van der Waals surface area contributed by atoms with Crippen molar-refractivity contribution in [1.82, 2.24) is 0 Å². The van der Waals surface area contributed by atoms with Crippen LogP contribution in [0.2, 0.25) is 0 Å². The molecule has 0 rings (SSSR count). The maximum absolute atomic E-state index is 12.8. The van der Waals surface area contributed by atoms with Gasteiger partial charge in [0.1, 0.15) is 13.2 Å². The Morgan fingerprint density at radius 2 is 0.632 bits per heavy atom. The fraction of sp³-hybridized carbons (Fsp3) is 0.726. The number of esters is 3. The van der Waals surface area contributed by atoms with Crippen LogP contribution in [-0.4, -0.2) is 37.2 Å². The van der Waals surface area contributed by atoms with Crippen LogP contribution in [0.15, 0.2) is 85.1 Å². The third-order valence-corrected chi connectivity index (χ3v) is 12.1. The van der Waals surface area contributed by atoms with Crippen molar-refractivity contribution in [2.75, 3.05) is 13.2 Å². The Balaban J connectivity index is 4.45. The molecule has 0 aliphatic heterocycles. The largest absolute Gasteiger partial charge is 0.462 e. The first-order valence-corrected chi connectivity index (χ1v) is 28.6. The molecule has 0 spiro atoms. The minimum atomic E-state index is -0.808. The van der Waals surface area contributed by atoms with E-state index in [1.165, 1.54) is 148 Å². The summed E-state index contributed by atoms with van der Waals surface area (Å²) in [6, 6.07) is 0. The fourth-order valence-corrected chi connectivity index (χ4v) is 7.84. The van der Waals surface area contributed by atoms with E-state index in [-0.39, 0.29) is 37.5 Å². The molecule has 1 atom stereocenters. The lowest BCUT2D eigenvalue weighted by Crippen LogP contribution is -2.30. The summed E-state index contributed by atoms with van der Waals surface area (Å²) in [4.78, 5) is 38.1. The van der Waals surface area contributed by atoms with Gasteiger partial charge in [-0.05, 0) is 103 Å². The van der Waals surface area contributed by atoms with Gasteiger partial charge in [-0.3, -0.25) is 14.4 Å². The molecule has 0 amide bonds. The standard InChI is InChI=1S/C62H106O6/c1-4-7-10-13-16-19-22-25-28-30-31-33-34-37-40-43-46-49-52-55-61(64)67-58-59(57-66-60(63)54-51-48-45-42-39-36-27-24-21-18-15-12-9-6-3)68-62(65)56-53-50-47-44-41-38-35-32-29-26-23-20-17-14-11-8-5-2/h9,12,16,18-19,21-22,25-26,29,35,38,44,47,59H,4-8,10-11,13-15,17,20,23-24,27-28,30-34,36-37,39-43,45-46,48-58H2,1-3H3/b12-9-,19-16-,21-18-,25-22-,29-26-,38-35-,47-44-. The van der Waals surface area contributed by atoms with E-state index in [4.69, 9.17) is 14.2 Å². The summed E-state index contributed by atoms with van der Waals surface area (Å²) in [6.45, 7) is 6.46. The molecule has 1 unspecified atom stereocenters. The predicted octanol–water partition coefficient (Wildman–Crippen LogP) is 19.2. The van der Waals surface area contributed by atoms with Gasteiger partial charge in [-0.2, -0.15) is 0 Å². The summed E-state index contributed by atoms with van der Waals surface area (Å²) in [5.41, 5.74) is 0. The lowest BCUT2D eigenvalue weighted by molar-refractivity contribution is -0.167. The van der Waals surface area contributed by atoms with Crippen LogP contribution in [0, 0.1) is 0 Å². The van der Waals surface area contributed by atoms with Gasteiger partial charge in [0.15, 0.2) is 6.10 Å². The average molecular weight is 948 g/mol. The number of carbonyl (C=O) groups excluding carboxylic acids is 3. The lowest BCUT2D eigenvalue weighted by Gasteiger charge is -2.18. The molecule has 0 radical (unpaired) electrons. The third kappa shape index (κ3) is 53.5. The van der Waals surface area contributed by atoms with Crippen LogP contribution in [0.25, 0.3) is 0 Å². The molecule has 0 fully saturated rings. The number of rotatable bonds is 51. The predicted molar refractivity (Wildman–Crippen MR) is 293 cm³/mol. The van der Waals surface area contributed by atoms with Gasteiger partial charge < -0.3 is 14.2 Å². The number of unbranched alkanes of at least 4 members (excludes halogenated alkanes) is 27. The van der Waals surface area contributed by atoms with E-state index in [0.717, 1.165) is 77.0 Å². The fourth-order valence-electron chi connectivity index (χ4n) is 7.84. The van der Waals surface area contributed by atoms with E-state index >= 15 is 0 Å². The zero-order valence-corrected chi connectivity index (χ0v) is 44.6. The molecule has 6 nitrogen and oxygen atoms in total. The molecule has 0 heterocycles. The average Bonchev–Trinajstić information content (AvgIpc) is 3.34. The summed E-state index contributed by atoms with van der Waals surface area (Å²) >= 11 is 0. The van der Waals surface area contributed by atoms with Gasteiger partial charge in [-0.15, -0.1) is 0 Å². The Kier molecular flexibility index (Phi) is 53.4. The van der Waals surface area contributed by atoms with Gasteiger partial charge in [0.2, 0.25) is 0 Å². The van der Waals surface area contributed by atoms with Crippen molar-refractivity contribution >= 4 is 17.9 Å². The number of hydrogen-bond donors (Lipinski definition) is 0. The van der Waals surface area contributed by atoms with E-state index in [2.05, 4.69) is 106 Å². The zero-order valence-electron chi connectivity index (χ0n) is 44.6. The second kappa shape index (κ2) is 56.2. The van der Waals surface area contributed by atoms with Gasteiger partial charge in [-0.1, -0.05) is 234 Å². The minimum Gasteiger partial charge on any atom is -0.462 e. The zero-order chi connectivity index (χ0) is 49.3. The topological polar surface area (TPSA) is 78.9 Å². The number of allylic oxidation sites excluding steroid dienone is 14. The van der Waals surface area contributed by atoms with Crippen LogP contribution in [0.4, 0.5) is 0 Å². The normalized spacial score (nSPS) is 12.7. The summed E-state index contributed by atoms with van der Waals surface area (Å²) in [5, 5.41) is 0. The van der Waals surface area contributed by atoms with E-state index < -0.39 is 6.10 Å². The first-order chi connectivity index (χ1) is 33.5. The molecule has 0 aromatic rings. The highest BCUT2D eigenvalue weighted by atomic mass is 16.6. The first kappa shape index (κ1) is 64.6. The molecule has 0 N–H and O–H groups in total. The molecular formula is C62H106O6. The highest BCUT2D eigenvalue weighted by molar-refractivity contribution is 5.71. The summed E-state index contributed by atoms with van der Waals surface area (Å²) in [5.74, 6) is -0.961.